The van der Waals surface area contributed by atoms with Crippen molar-refractivity contribution in [2.75, 3.05) is 20.2 Å². The molecule has 0 unspecified atom stereocenters. The van der Waals surface area contributed by atoms with Gasteiger partial charge in [0.25, 0.3) is 0 Å². The van der Waals surface area contributed by atoms with E-state index in [0.29, 0.717) is 6.61 Å². The number of likely N-dealkylation sites (N-methyl/N-ethyl adjacent to an activating group) is 1. The average Bonchev–Trinajstić information content (AvgIpc) is 3.16. The Hall–Kier alpha value is -2.31. The number of hydrogen-bond acceptors (Lipinski definition) is 4. The molecular formula is C22H24BrN3O2. The highest BCUT2D eigenvalue weighted by atomic mass is 79.9. The summed E-state index contributed by atoms with van der Waals surface area (Å²) < 4.78 is 12.7. The fraction of sp³-hybridized carbons (Fsp3) is 0.318. The first-order valence-electron chi connectivity index (χ1n) is 9.52. The van der Waals surface area contributed by atoms with Crippen molar-refractivity contribution in [3.8, 4) is 22.8 Å². The van der Waals surface area contributed by atoms with Crippen molar-refractivity contribution in [2.24, 2.45) is 0 Å². The molecule has 2 heterocycles. The minimum Gasteiger partial charge on any atom is -0.493 e. The van der Waals surface area contributed by atoms with Crippen LogP contribution in [0, 0.1) is 0 Å². The van der Waals surface area contributed by atoms with E-state index < -0.39 is 0 Å². The lowest BCUT2D eigenvalue weighted by atomic mass is 10.0. The van der Waals surface area contributed by atoms with Gasteiger partial charge >= 0.3 is 0 Å². The summed E-state index contributed by atoms with van der Waals surface area (Å²) in [7, 11) is 1.67. The van der Waals surface area contributed by atoms with Gasteiger partial charge in [-0.3, -0.25) is 10.00 Å². The Morgan fingerprint density at radius 3 is 2.71 bits per heavy atom. The molecule has 0 fully saturated rings. The summed E-state index contributed by atoms with van der Waals surface area (Å²) in [6, 6.07) is 14.1. The maximum Gasteiger partial charge on any atom is 0.161 e. The van der Waals surface area contributed by atoms with E-state index in [1.54, 1.807) is 7.11 Å². The van der Waals surface area contributed by atoms with Crippen molar-refractivity contribution in [3.05, 3.63) is 63.8 Å². The molecule has 0 radical (unpaired) electrons. The van der Waals surface area contributed by atoms with Crippen LogP contribution >= 0.6 is 15.9 Å². The highest BCUT2D eigenvalue weighted by Gasteiger charge is 2.22. The number of ether oxygens (including phenoxy) is 2. The highest BCUT2D eigenvalue weighted by molar-refractivity contribution is 9.10. The third-order valence-corrected chi connectivity index (χ3v) is 5.73. The quantitative estimate of drug-likeness (QED) is 0.596. The summed E-state index contributed by atoms with van der Waals surface area (Å²) in [5.41, 5.74) is 5.69. The maximum atomic E-state index is 6.00. The standard InChI is InChI=1S/C22H24BrN3O2/c1-3-26-11-10-19-18(13-26)22(25-24-19)16-6-9-20(21(12-16)27-2)28-14-15-4-7-17(23)8-5-15/h4-9,12H,3,10-11,13-14H2,1-2H3,(H,24,25). The monoisotopic (exact) mass is 441 g/mol. The van der Waals surface area contributed by atoms with Crippen molar-refractivity contribution in [3.63, 3.8) is 0 Å². The van der Waals surface area contributed by atoms with Gasteiger partial charge < -0.3 is 9.47 Å². The number of hydrogen-bond donors (Lipinski definition) is 1. The third kappa shape index (κ3) is 3.93. The molecule has 28 heavy (non-hydrogen) atoms. The number of aromatic nitrogens is 2. The number of nitrogens with one attached hydrogen (secondary N) is 1. The van der Waals surface area contributed by atoms with Crippen LogP contribution in [0.1, 0.15) is 23.7 Å². The number of aromatic amines is 1. The Morgan fingerprint density at radius 2 is 1.96 bits per heavy atom. The van der Waals surface area contributed by atoms with E-state index in [2.05, 4.69) is 44.0 Å². The molecule has 0 amide bonds. The van der Waals surface area contributed by atoms with E-state index >= 15 is 0 Å². The summed E-state index contributed by atoms with van der Waals surface area (Å²) in [5.74, 6) is 1.45. The maximum absolute atomic E-state index is 6.00. The molecule has 1 aromatic heterocycles. The van der Waals surface area contributed by atoms with E-state index in [-0.39, 0.29) is 0 Å². The Morgan fingerprint density at radius 1 is 1.14 bits per heavy atom. The van der Waals surface area contributed by atoms with Gasteiger partial charge in [-0.25, -0.2) is 0 Å². The zero-order valence-electron chi connectivity index (χ0n) is 16.2. The van der Waals surface area contributed by atoms with Crippen LogP contribution in [0.25, 0.3) is 11.3 Å². The number of fused-ring (bicyclic) bond motifs is 1. The second-order valence-electron chi connectivity index (χ2n) is 6.93. The first-order valence-corrected chi connectivity index (χ1v) is 10.3. The van der Waals surface area contributed by atoms with Crippen molar-refractivity contribution in [1.29, 1.82) is 0 Å². The van der Waals surface area contributed by atoms with Crippen molar-refractivity contribution in [1.82, 2.24) is 15.1 Å². The summed E-state index contributed by atoms with van der Waals surface area (Å²) >= 11 is 3.45. The molecule has 4 rings (SSSR count). The first kappa shape index (κ1) is 19.0. The molecule has 0 bridgehead atoms. The molecule has 0 saturated carbocycles. The smallest absolute Gasteiger partial charge is 0.161 e. The molecule has 3 aromatic rings. The highest BCUT2D eigenvalue weighted by Crippen LogP contribution is 2.35. The van der Waals surface area contributed by atoms with E-state index in [1.165, 1.54) is 11.3 Å². The summed E-state index contributed by atoms with van der Waals surface area (Å²) in [5, 5.41) is 7.81. The zero-order chi connectivity index (χ0) is 19.5. The van der Waals surface area contributed by atoms with Crippen LogP contribution in [0.4, 0.5) is 0 Å². The second-order valence-corrected chi connectivity index (χ2v) is 7.84. The minimum atomic E-state index is 0.492. The topological polar surface area (TPSA) is 50.4 Å². The van der Waals surface area contributed by atoms with E-state index in [0.717, 1.165) is 58.8 Å². The van der Waals surface area contributed by atoms with Crippen molar-refractivity contribution < 1.29 is 9.47 Å². The van der Waals surface area contributed by atoms with Crippen LogP contribution in [0.3, 0.4) is 0 Å². The zero-order valence-corrected chi connectivity index (χ0v) is 17.8. The van der Waals surface area contributed by atoms with E-state index in [1.807, 2.05) is 36.4 Å². The lowest BCUT2D eigenvalue weighted by Crippen LogP contribution is -2.30. The number of nitrogens with zero attached hydrogens (tertiary/aromatic N) is 2. The molecule has 2 aromatic carbocycles. The second kappa shape index (κ2) is 8.37. The molecule has 0 spiro atoms. The normalized spacial score (nSPS) is 14.0. The number of benzene rings is 2. The molecule has 0 saturated heterocycles. The number of H-pyrrole nitrogens is 1. The Labute approximate surface area is 173 Å². The molecular weight excluding hydrogens is 418 g/mol. The summed E-state index contributed by atoms with van der Waals surface area (Å²) in [6.45, 7) is 5.76. The van der Waals surface area contributed by atoms with Crippen LogP contribution < -0.4 is 9.47 Å². The first-order chi connectivity index (χ1) is 13.7. The fourth-order valence-corrected chi connectivity index (χ4v) is 3.80. The van der Waals surface area contributed by atoms with Gasteiger partial charge in [-0.15, -0.1) is 0 Å². The Kier molecular flexibility index (Phi) is 5.69. The van der Waals surface area contributed by atoms with Gasteiger partial charge in [0, 0.05) is 40.8 Å². The van der Waals surface area contributed by atoms with Crippen LogP contribution in [-0.2, 0) is 19.6 Å². The number of rotatable bonds is 6. The predicted molar refractivity (Wildman–Crippen MR) is 114 cm³/mol. The fourth-order valence-electron chi connectivity index (χ4n) is 3.54. The molecule has 1 N–H and O–H groups in total. The Bertz CT molecular complexity index is 953. The molecule has 1 aliphatic heterocycles. The van der Waals surface area contributed by atoms with Crippen molar-refractivity contribution >= 4 is 15.9 Å². The molecule has 1 aliphatic rings. The van der Waals surface area contributed by atoms with Gasteiger partial charge in [0.2, 0.25) is 0 Å². The van der Waals surface area contributed by atoms with Crippen LogP contribution in [0.2, 0.25) is 0 Å². The SMILES string of the molecule is CCN1CCc2[nH]nc(-c3ccc(OCc4ccc(Br)cc4)c(OC)c3)c2C1. The van der Waals surface area contributed by atoms with Gasteiger partial charge in [0.1, 0.15) is 6.61 Å². The van der Waals surface area contributed by atoms with Crippen LogP contribution in [0.5, 0.6) is 11.5 Å². The third-order valence-electron chi connectivity index (χ3n) is 5.20. The Balaban J connectivity index is 1.56. The van der Waals surface area contributed by atoms with E-state index in [9.17, 15) is 0 Å². The predicted octanol–water partition coefficient (Wildman–Crippen LogP) is 4.80. The van der Waals surface area contributed by atoms with Crippen LogP contribution in [-0.4, -0.2) is 35.3 Å². The number of halogens is 1. The van der Waals surface area contributed by atoms with Crippen LogP contribution in [0.15, 0.2) is 46.9 Å². The summed E-state index contributed by atoms with van der Waals surface area (Å²) in [6.07, 6.45) is 1.02. The molecule has 0 atom stereocenters. The molecule has 0 aliphatic carbocycles. The van der Waals surface area contributed by atoms with Gasteiger partial charge in [-0.2, -0.15) is 5.10 Å². The molecule has 6 heteroatoms. The van der Waals surface area contributed by atoms with E-state index in [4.69, 9.17) is 9.47 Å². The van der Waals surface area contributed by atoms with Gasteiger partial charge in [0.05, 0.1) is 12.8 Å². The van der Waals surface area contributed by atoms with Gasteiger partial charge in [-0.1, -0.05) is 35.0 Å². The molecule has 5 nitrogen and oxygen atoms in total. The largest absolute Gasteiger partial charge is 0.493 e. The average molecular weight is 442 g/mol. The van der Waals surface area contributed by atoms with Gasteiger partial charge in [-0.05, 0) is 42.4 Å². The van der Waals surface area contributed by atoms with Crippen molar-refractivity contribution in [2.45, 2.75) is 26.5 Å². The lowest BCUT2D eigenvalue weighted by Gasteiger charge is -2.25. The minimum absolute atomic E-state index is 0.492. The van der Waals surface area contributed by atoms with Gasteiger partial charge in [0.15, 0.2) is 11.5 Å². The molecule has 146 valence electrons. The lowest BCUT2D eigenvalue weighted by molar-refractivity contribution is 0.267. The summed E-state index contributed by atoms with van der Waals surface area (Å²) in [4.78, 5) is 2.44. The number of methoxy groups -OCH3 is 1.